The third-order valence-electron chi connectivity index (χ3n) is 4.56. The zero-order valence-electron chi connectivity index (χ0n) is 15.5. The third-order valence-corrected chi connectivity index (χ3v) is 4.56. The van der Waals surface area contributed by atoms with Gasteiger partial charge in [-0.3, -0.25) is 0 Å². The first-order valence-electron chi connectivity index (χ1n) is 8.74. The molecule has 0 saturated carbocycles. The fourth-order valence-electron chi connectivity index (χ4n) is 3.06. The number of amides is 2. The molecule has 1 fully saturated rings. The summed E-state index contributed by atoms with van der Waals surface area (Å²) in [6.45, 7) is 2.42. The Kier molecular flexibility index (Phi) is 5.80. The lowest BCUT2D eigenvalue weighted by Crippen LogP contribution is -2.50. The number of urea groups is 1. The van der Waals surface area contributed by atoms with Gasteiger partial charge in [0.1, 0.15) is 5.75 Å². The smallest absolute Gasteiger partial charge is 0.339 e. The number of methoxy groups -OCH3 is 2. The van der Waals surface area contributed by atoms with E-state index in [9.17, 15) is 9.59 Å². The summed E-state index contributed by atoms with van der Waals surface area (Å²) in [6.07, 6.45) is 0. The molecule has 0 radical (unpaired) electrons. The van der Waals surface area contributed by atoms with E-state index in [1.807, 2.05) is 18.2 Å². The quantitative estimate of drug-likeness (QED) is 0.839. The van der Waals surface area contributed by atoms with E-state index in [1.54, 1.807) is 42.3 Å². The number of hydrogen-bond donors (Lipinski definition) is 1. The van der Waals surface area contributed by atoms with Crippen LogP contribution >= 0.6 is 0 Å². The highest BCUT2D eigenvalue weighted by molar-refractivity contribution is 5.96. The summed E-state index contributed by atoms with van der Waals surface area (Å²) in [5.74, 6) is 0.385. The van der Waals surface area contributed by atoms with Crippen molar-refractivity contribution in [3.8, 4) is 5.75 Å². The van der Waals surface area contributed by atoms with Crippen LogP contribution in [0.2, 0.25) is 0 Å². The molecule has 0 spiro atoms. The highest BCUT2D eigenvalue weighted by atomic mass is 16.5. The number of rotatable bonds is 4. The van der Waals surface area contributed by atoms with Gasteiger partial charge in [-0.2, -0.15) is 0 Å². The number of carbonyl (C=O) groups excluding carboxylic acids is 2. The maximum absolute atomic E-state index is 12.5. The molecule has 1 aliphatic heterocycles. The lowest BCUT2D eigenvalue weighted by molar-refractivity contribution is 0.0601. The summed E-state index contributed by atoms with van der Waals surface area (Å²) in [6, 6.07) is 14.4. The molecule has 1 heterocycles. The highest BCUT2D eigenvalue weighted by Gasteiger charge is 2.24. The number of nitrogens with zero attached hydrogens (tertiary/aromatic N) is 2. The maximum Gasteiger partial charge on any atom is 0.339 e. The Hall–Kier alpha value is -3.22. The minimum atomic E-state index is -0.356. The van der Waals surface area contributed by atoms with Crippen LogP contribution in [0.3, 0.4) is 0 Å². The molecular weight excluding hydrogens is 346 g/mol. The van der Waals surface area contributed by atoms with E-state index in [0.29, 0.717) is 31.7 Å². The van der Waals surface area contributed by atoms with Gasteiger partial charge >= 0.3 is 12.0 Å². The predicted molar refractivity (Wildman–Crippen MR) is 104 cm³/mol. The molecule has 1 saturated heterocycles. The van der Waals surface area contributed by atoms with E-state index in [0.717, 1.165) is 17.1 Å². The van der Waals surface area contributed by atoms with Crippen molar-refractivity contribution in [1.82, 2.24) is 4.90 Å². The molecule has 7 nitrogen and oxygen atoms in total. The van der Waals surface area contributed by atoms with Crippen LogP contribution in [0.1, 0.15) is 10.4 Å². The van der Waals surface area contributed by atoms with Gasteiger partial charge in [-0.05, 0) is 36.4 Å². The second kappa shape index (κ2) is 8.44. The Morgan fingerprint density at radius 3 is 2.22 bits per heavy atom. The summed E-state index contributed by atoms with van der Waals surface area (Å²) < 4.78 is 9.98. The summed E-state index contributed by atoms with van der Waals surface area (Å²) in [7, 11) is 2.98. The number of benzene rings is 2. The average molecular weight is 369 g/mol. The van der Waals surface area contributed by atoms with Gasteiger partial charge in [0, 0.05) is 31.9 Å². The van der Waals surface area contributed by atoms with E-state index in [1.165, 1.54) is 7.11 Å². The van der Waals surface area contributed by atoms with Gasteiger partial charge in [-0.15, -0.1) is 0 Å². The Morgan fingerprint density at radius 1 is 0.926 bits per heavy atom. The first kappa shape index (κ1) is 18.6. The molecule has 27 heavy (non-hydrogen) atoms. The standard InChI is InChI=1S/C20H23N3O4/c1-26-16-9-7-15(8-10-16)21-20(25)23-13-11-22(12-14-23)18-6-4-3-5-17(18)19(24)27-2/h3-10H,11-14H2,1-2H3,(H,21,25). The van der Waals surface area contributed by atoms with Crippen LogP contribution in [0.25, 0.3) is 0 Å². The second-order valence-corrected chi connectivity index (χ2v) is 6.14. The first-order chi connectivity index (χ1) is 13.1. The minimum absolute atomic E-state index is 0.138. The topological polar surface area (TPSA) is 71.1 Å². The lowest BCUT2D eigenvalue weighted by atomic mass is 10.1. The van der Waals surface area contributed by atoms with Crippen LogP contribution in [0.15, 0.2) is 48.5 Å². The maximum atomic E-state index is 12.5. The van der Waals surface area contributed by atoms with E-state index < -0.39 is 0 Å². The Morgan fingerprint density at radius 2 is 1.59 bits per heavy atom. The number of ether oxygens (including phenoxy) is 2. The van der Waals surface area contributed by atoms with Gasteiger partial charge < -0.3 is 24.6 Å². The van der Waals surface area contributed by atoms with Gasteiger partial charge in [0.2, 0.25) is 0 Å². The number of nitrogens with one attached hydrogen (secondary N) is 1. The zero-order valence-corrected chi connectivity index (χ0v) is 15.5. The van der Waals surface area contributed by atoms with Crippen LogP contribution in [0, 0.1) is 0 Å². The van der Waals surface area contributed by atoms with Crippen molar-refractivity contribution in [1.29, 1.82) is 0 Å². The molecule has 2 amide bonds. The number of para-hydroxylation sites is 1. The van der Waals surface area contributed by atoms with Gasteiger partial charge in [0.05, 0.1) is 25.5 Å². The lowest BCUT2D eigenvalue weighted by Gasteiger charge is -2.36. The summed E-state index contributed by atoms with van der Waals surface area (Å²) >= 11 is 0. The van der Waals surface area contributed by atoms with E-state index in [-0.39, 0.29) is 12.0 Å². The fraction of sp³-hybridized carbons (Fsp3) is 0.300. The number of hydrogen-bond acceptors (Lipinski definition) is 5. The molecule has 142 valence electrons. The van der Waals surface area contributed by atoms with Crippen LogP contribution in [-0.4, -0.2) is 57.3 Å². The van der Waals surface area contributed by atoms with E-state index in [2.05, 4.69) is 10.2 Å². The van der Waals surface area contributed by atoms with Crippen molar-refractivity contribution in [2.75, 3.05) is 50.6 Å². The molecule has 0 bridgehead atoms. The molecule has 1 N–H and O–H groups in total. The molecule has 0 aliphatic carbocycles. The van der Waals surface area contributed by atoms with Gasteiger partial charge in [0.15, 0.2) is 0 Å². The van der Waals surface area contributed by atoms with Crippen molar-refractivity contribution in [2.24, 2.45) is 0 Å². The monoisotopic (exact) mass is 369 g/mol. The highest BCUT2D eigenvalue weighted by Crippen LogP contribution is 2.23. The molecule has 2 aromatic carbocycles. The molecule has 0 atom stereocenters. The average Bonchev–Trinajstić information content (AvgIpc) is 2.73. The zero-order chi connectivity index (χ0) is 19.2. The number of carbonyl (C=O) groups is 2. The fourth-order valence-corrected chi connectivity index (χ4v) is 3.06. The molecule has 0 aromatic heterocycles. The van der Waals surface area contributed by atoms with E-state index in [4.69, 9.17) is 9.47 Å². The van der Waals surface area contributed by atoms with Crippen LogP contribution in [0.5, 0.6) is 5.75 Å². The minimum Gasteiger partial charge on any atom is -0.497 e. The Bertz CT molecular complexity index is 799. The molecule has 7 heteroatoms. The molecule has 2 aromatic rings. The summed E-state index contributed by atoms with van der Waals surface area (Å²) in [5.41, 5.74) is 2.09. The first-order valence-corrected chi connectivity index (χ1v) is 8.74. The number of piperazine rings is 1. The predicted octanol–water partition coefficient (Wildman–Crippen LogP) is 2.84. The van der Waals surface area contributed by atoms with Crippen molar-refractivity contribution < 1.29 is 19.1 Å². The van der Waals surface area contributed by atoms with Crippen LogP contribution in [-0.2, 0) is 4.74 Å². The van der Waals surface area contributed by atoms with Crippen molar-refractivity contribution in [3.05, 3.63) is 54.1 Å². The summed E-state index contributed by atoms with van der Waals surface area (Å²) in [5, 5.41) is 2.90. The molecule has 3 rings (SSSR count). The summed E-state index contributed by atoms with van der Waals surface area (Å²) in [4.78, 5) is 28.3. The second-order valence-electron chi connectivity index (χ2n) is 6.14. The van der Waals surface area contributed by atoms with Crippen molar-refractivity contribution in [2.45, 2.75) is 0 Å². The van der Waals surface area contributed by atoms with Crippen molar-refractivity contribution in [3.63, 3.8) is 0 Å². The van der Waals surface area contributed by atoms with Gasteiger partial charge in [-0.1, -0.05) is 12.1 Å². The van der Waals surface area contributed by atoms with Gasteiger partial charge in [0.25, 0.3) is 0 Å². The van der Waals surface area contributed by atoms with Crippen LogP contribution in [0.4, 0.5) is 16.2 Å². The Labute approximate surface area is 158 Å². The molecular formula is C20H23N3O4. The van der Waals surface area contributed by atoms with Gasteiger partial charge in [-0.25, -0.2) is 9.59 Å². The largest absolute Gasteiger partial charge is 0.497 e. The Balaban J connectivity index is 1.60. The number of esters is 1. The van der Waals surface area contributed by atoms with Crippen molar-refractivity contribution >= 4 is 23.4 Å². The normalized spacial score (nSPS) is 13.9. The third kappa shape index (κ3) is 4.31. The van der Waals surface area contributed by atoms with Crippen LogP contribution < -0.4 is 15.0 Å². The molecule has 1 aliphatic rings. The number of anilines is 2. The molecule has 0 unspecified atom stereocenters. The SMILES string of the molecule is COC(=O)c1ccccc1N1CCN(C(=O)Nc2ccc(OC)cc2)CC1. The van der Waals surface area contributed by atoms with E-state index >= 15 is 0 Å².